The maximum Gasteiger partial charge on any atom is 0.335 e. The average molecular weight is 277 g/mol. The molecule has 5 heteroatoms. The van der Waals surface area contributed by atoms with E-state index in [-0.39, 0.29) is 17.6 Å². The van der Waals surface area contributed by atoms with Crippen molar-refractivity contribution in [3.63, 3.8) is 0 Å². The number of nitrogens with one attached hydrogen (secondary N) is 1. The van der Waals surface area contributed by atoms with Gasteiger partial charge in [-0.25, -0.2) is 4.79 Å². The van der Waals surface area contributed by atoms with Crippen LogP contribution in [0.4, 0.5) is 5.69 Å². The van der Waals surface area contributed by atoms with E-state index in [1.807, 2.05) is 0 Å². The van der Waals surface area contributed by atoms with Gasteiger partial charge in [-0.2, -0.15) is 0 Å². The smallest absolute Gasteiger partial charge is 0.335 e. The average Bonchev–Trinajstić information content (AvgIpc) is 2.42. The number of aromatic carboxylic acids is 1. The Morgan fingerprint density at radius 1 is 1.40 bits per heavy atom. The van der Waals surface area contributed by atoms with Crippen molar-refractivity contribution in [2.45, 2.75) is 38.7 Å². The molecule has 0 aromatic heterocycles. The van der Waals surface area contributed by atoms with Crippen LogP contribution in [0.25, 0.3) is 0 Å². The molecule has 1 aromatic rings. The summed E-state index contributed by atoms with van der Waals surface area (Å²) >= 11 is 0. The summed E-state index contributed by atoms with van der Waals surface area (Å²) in [5.41, 5.74) is 1.61. The van der Waals surface area contributed by atoms with E-state index in [1.165, 1.54) is 6.07 Å². The normalized spacial score (nSPS) is 18.6. The van der Waals surface area contributed by atoms with Crippen LogP contribution in [0.1, 0.15) is 41.6 Å². The summed E-state index contributed by atoms with van der Waals surface area (Å²) in [6, 6.07) is 4.66. The van der Waals surface area contributed by atoms with Crippen LogP contribution in [0, 0.1) is 6.92 Å². The Balaban J connectivity index is 1.95. The number of rotatable bonds is 4. The van der Waals surface area contributed by atoms with Crippen molar-refractivity contribution in [2.24, 2.45) is 0 Å². The van der Waals surface area contributed by atoms with Gasteiger partial charge in [0.2, 0.25) is 5.91 Å². The van der Waals surface area contributed by atoms with Gasteiger partial charge in [0.15, 0.2) is 0 Å². The molecule has 108 valence electrons. The maximum absolute atomic E-state index is 11.9. The number of ether oxygens (including phenoxy) is 1. The molecule has 5 nitrogen and oxygen atoms in total. The van der Waals surface area contributed by atoms with Crippen molar-refractivity contribution in [1.82, 2.24) is 0 Å². The van der Waals surface area contributed by atoms with Gasteiger partial charge < -0.3 is 15.2 Å². The summed E-state index contributed by atoms with van der Waals surface area (Å²) < 4.78 is 5.53. The van der Waals surface area contributed by atoms with Crippen LogP contribution in [-0.4, -0.2) is 29.7 Å². The Hall–Kier alpha value is -1.88. The summed E-state index contributed by atoms with van der Waals surface area (Å²) in [5.74, 6) is -1.07. The molecule has 1 aliphatic heterocycles. The van der Waals surface area contributed by atoms with Crippen LogP contribution in [0.5, 0.6) is 0 Å². The molecule has 20 heavy (non-hydrogen) atoms. The Morgan fingerprint density at radius 2 is 2.20 bits per heavy atom. The first-order valence-electron chi connectivity index (χ1n) is 6.81. The molecule has 2 rings (SSSR count). The maximum atomic E-state index is 11.9. The molecule has 1 heterocycles. The molecule has 1 aromatic carbocycles. The van der Waals surface area contributed by atoms with Gasteiger partial charge in [0.05, 0.1) is 18.1 Å². The zero-order valence-electron chi connectivity index (χ0n) is 11.5. The summed E-state index contributed by atoms with van der Waals surface area (Å²) in [4.78, 5) is 22.8. The van der Waals surface area contributed by atoms with E-state index in [0.717, 1.165) is 31.4 Å². The van der Waals surface area contributed by atoms with Gasteiger partial charge in [0, 0.05) is 12.3 Å². The second kappa shape index (κ2) is 6.52. The minimum atomic E-state index is -0.971. The van der Waals surface area contributed by atoms with Gasteiger partial charge in [0.1, 0.15) is 0 Å². The Morgan fingerprint density at radius 3 is 2.80 bits per heavy atom. The third-order valence-corrected chi connectivity index (χ3v) is 3.43. The minimum Gasteiger partial charge on any atom is -0.478 e. The highest BCUT2D eigenvalue weighted by atomic mass is 16.5. The van der Waals surface area contributed by atoms with Crippen molar-refractivity contribution in [2.75, 3.05) is 11.9 Å². The number of carbonyl (C=O) groups excluding carboxylic acids is 1. The van der Waals surface area contributed by atoms with Crippen LogP contribution in [-0.2, 0) is 9.53 Å². The number of carbonyl (C=O) groups is 2. The molecule has 1 unspecified atom stereocenters. The third kappa shape index (κ3) is 3.81. The van der Waals surface area contributed by atoms with E-state index in [0.29, 0.717) is 12.1 Å². The fourth-order valence-electron chi connectivity index (χ4n) is 2.31. The number of carboxylic acid groups (broad SMARTS) is 1. The summed E-state index contributed by atoms with van der Waals surface area (Å²) in [5, 5.41) is 11.7. The van der Waals surface area contributed by atoms with E-state index in [9.17, 15) is 9.59 Å². The molecular weight excluding hydrogens is 258 g/mol. The number of hydrogen-bond acceptors (Lipinski definition) is 3. The Labute approximate surface area is 117 Å². The largest absolute Gasteiger partial charge is 0.478 e. The van der Waals surface area contributed by atoms with Crippen LogP contribution in [0.2, 0.25) is 0 Å². The van der Waals surface area contributed by atoms with Gasteiger partial charge in [-0.1, -0.05) is 0 Å². The quantitative estimate of drug-likeness (QED) is 0.887. The Bertz CT molecular complexity index is 507. The number of aryl methyl sites for hydroxylation is 1. The van der Waals surface area contributed by atoms with Crippen LogP contribution >= 0.6 is 0 Å². The lowest BCUT2D eigenvalue weighted by Crippen LogP contribution is -2.25. The third-order valence-electron chi connectivity index (χ3n) is 3.43. The fourth-order valence-corrected chi connectivity index (χ4v) is 2.31. The zero-order chi connectivity index (χ0) is 14.5. The monoisotopic (exact) mass is 277 g/mol. The van der Waals surface area contributed by atoms with E-state index >= 15 is 0 Å². The predicted molar refractivity (Wildman–Crippen MR) is 75.0 cm³/mol. The van der Waals surface area contributed by atoms with Gasteiger partial charge in [0.25, 0.3) is 0 Å². The molecule has 0 aliphatic carbocycles. The van der Waals surface area contributed by atoms with Gasteiger partial charge in [-0.05, 0) is 49.9 Å². The molecule has 2 N–H and O–H groups in total. The second-order valence-electron chi connectivity index (χ2n) is 5.08. The van der Waals surface area contributed by atoms with Crippen molar-refractivity contribution in [3.8, 4) is 0 Å². The number of benzene rings is 1. The molecule has 0 bridgehead atoms. The van der Waals surface area contributed by atoms with Crippen LogP contribution in [0.15, 0.2) is 18.2 Å². The van der Waals surface area contributed by atoms with Gasteiger partial charge >= 0.3 is 5.97 Å². The lowest BCUT2D eigenvalue weighted by molar-refractivity contribution is -0.119. The molecule has 0 saturated carbocycles. The first-order valence-corrected chi connectivity index (χ1v) is 6.81. The molecule has 1 fully saturated rings. The molecule has 1 atom stereocenters. The lowest BCUT2D eigenvalue weighted by atomic mass is 10.1. The molecule has 1 saturated heterocycles. The van der Waals surface area contributed by atoms with Crippen LogP contribution in [0.3, 0.4) is 0 Å². The van der Waals surface area contributed by atoms with E-state index in [4.69, 9.17) is 9.84 Å². The number of hydrogen-bond donors (Lipinski definition) is 2. The number of carboxylic acids is 1. The zero-order valence-corrected chi connectivity index (χ0v) is 11.5. The topological polar surface area (TPSA) is 75.6 Å². The van der Waals surface area contributed by atoms with Crippen molar-refractivity contribution in [1.29, 1.82) is 0 Å². The van der Waals surface area contributed by atoms with Crippen molar-refractivity contribution < 1.29 is 19.4 Å². The highest BCUT2D eigenvalue weighted by Gasteiger charge is 2.18. The lowest BCUT2D eigenvalue weighted by Gasteiger charge is -2.22. The number of amides is 1. The van der Waals surface area contributed by atoms with E-state index in [1.54, 1.807) is 19.1 Å². The summed E-state index contributed by atoms with van der Waals surface area (Å²) in [6.45, 7) is 2.50. The van der Waals surface area contributed by atoms with Gasteiger partial charge in [-0.3, -0.25) is 4.79 Å². The van der Waals surface area contributed by atoms with E-state index in [2.05, 4.69) is 5.32 Å². The molecular formula is C15H19NO4. The summed E-state index contributed by atoms with van der Waals surface area (Å²) in [6.07, 6.45) is 3.44. The van der Waals surface area contributed by atoms with Crippen molar-refractivity contribution >= 4 is 17.6 Å². The molecule has 0 spiro atoms. The second-order valence-corrected chi connectivity index (χ2v) is 5.08. The summed E-state index contributed by atoms with van der Waals surface area (Å²) in [7, 11) is 0. The predicted octanol–water partition coefficient (Wildman–Crippen LogP) is 2.59. The molecule has 1 amide bonds. The van der Waals surface area contributed by atoms with E-state index < -0.39 is 5.97 Å². The van der Waals surface area contributed by atoms with Crippen LogP contribution < -0.4 is 5.32 Å². The highest BCUT2D eigenvalue weighted by Crippen LogP contribution is 2.19. The first kappa shape index (κ1) is 14.5. The first-order chi connectivity index (χ1) is 9.56. The molecule has 1 aliphatic rings. The standard InChI is InChI=1S/C15H19NO4/c1-10-8-11(15(18)19)5-6-13(10)16-14(17)9-12-4-2-3-7-20-12/h5-6,8,12H,2-4,7,9H2,1H3,(H,16,17)(H,18,19). The Kier molecular flexibility index (Phi) is 4.74. The molecule has 0 radical (unpaired) electrons. The van der Waals surface area contributed by atoms with Gasteiger partial charge in [-0.15, -0.1) is 0 Å². The highest BCUT2D eigenvalue weighted by molar-refractivity contribution is 5.93. The van der Waals surface area contributed by atoms with Crippen molar-refractivity contribution in [3.05, 3.63) is 29.3 Å². The number of anilines is 1. The fraction of sp³-hybridized carbons (Fsp3) is 0.467. The minimum absolute atomic E-state index is 0.00217. The SMILES string of the molecule is Cc1cc(C(=O)O)ccc1NC(=O)CC1CCCCO1.